The number of carbonyl (C=O) groups is 1. The Bertz CT molecular complexity index is 117. The molecule has 0 aliphatic carbocycles. The van der Waals surface area contributed by atoms with Crippen LogP contribution in [0.3, 0.4) is 0 Å². The van der Waals surface area contributed by atoms with Crippen LogP contribution in [-0.4, -0.2) is 46.0 Å². The van der Waals surface area contributed by atoms with Crippen molar-refractivity contribution >= 4 is 14.4 Å². The van der Waals surface area contributed by atoms with Gasteiger partial charge in [-0.15, -0.1) is 0 Å². The Morgan fingerprint density at radius 1 is 1.55 bits per heavy atom. The summed E-state index contributed by atoms with van der Waals surface area (Å²) in [5.41, 5.74) is 0. The number of nitrogens with zero attached hydrogens (tertiary/aromatic N) is 1. The molecule has 0 aromatic heterocycles. The van der Waals surface area contributed by atoms with Gasteiger partial charge in [0.2, 0.25) is 0 Å². The molecule has 0 bridgehead atoms. The molecule has 0 spiro atoms. The van der Waals surface area contributed by atoms with Crippen molar-refractivity contribution in [1.82, 2.24) is 4.90 Å². The van der Waals surface area contributed by atoms with E-state index in [4.69, 9.17) is 4.74 Å². The monoisotopic (exact) mass is 159 g/mol. The zero-order chi connectivity index (χ0) is 8.15. The molecule has 0 aliphatic rings. The lowest BCUT2D eigenvalue weighted by atomic mass is 10.4. The highest BCUT2D eigenvalue weighted by Gasteiger charge is 2.04. The van der Waals surface area contributed by atoms with E-state index in [-0.39, 0.29) is 20.5 Å². The second-order valence-corrected chi connectivity index (χ2v) is 2.68. The first-order chi connectivity index (χ1) is 4.52. The highest BCUT2D eigenvalue weighted by Crippen LogP contribution is 1.91. The maximum absolute atomic E-state index is 10.4. The van der Waals surface area contributed by atoms with Crippen LogP contribution >= 0.6 is 0 Å². The van der Waals surface area contributed by atoms with E-state index >= 15 is 0 Å². The summed E-state index contributed by atoms with van der Waals surface area (Å²) >= 11 is 0. The summed E-state index contributed by atoms with van der Waals surface area (Å²) in [6.45, 7) is 4.08. The minimum atomic E-state index is -0.214. The summed E-state index contributed by atoms with van der Waals surface area (Å²) in [6.07, 6.45) is -0.00694. The van der Waals surface area contributed by atoms with Crippen LogP contribution in [0.15, 0.2) is 0 Å². The van der Waals surface area contributed by atoms with Gasteiger partial charge in [0, 0.05) is 13.5 Å². The molecule has 3 nitrogen and oxygen atoms in total. The normalized spacial score (nSPS) is 12.1. The Labute approximate surface area is 70.3 Å². The zero-order valence-electron chi connectivity index (χ0n) is 7.05. The first-order valence-electron chi connectivity index (χ1n) is 3.34. The minimum Gasteiger partial charge on any atom is -0.461 e. The Kier molecular flexibility index (Phi) is 7.41. The number of rotatable bonds is 3. The minimum absolute atomic E-state index is 0. The molecule has 0 radical (unpaired) electrons. The van der Waals surface area contributed by atoms with Gasteiger partial charge in [0.1, 0.15) is 6.10 Å². The van der Waals surface area contributed by atoms with E-state index in [9.17, 15) is 4.79 Å². The third-order valence-corrected chi connectivity index (χ3v) is 0.989. The molecule has 0 aliphatic heterocycles. The van der Waals surface area contributed by atoms with Crippen LogP contribution in [0.25, 0.3) is 0 Å². The lowest BCUT2D eigenvalue weighted by molar-refractivity contribution is -0.145. The molecule has 0 aromatic rings. The SMILES string of the molecule is B.CC(=O)OC(C)CN(C)C. The van der Waals surface area contributed by atoms with Crippen LogP contribution in [0, 0.1) is 0 Å². The number of hydrogen-bond donors (Lipinski definition) is 0. The maximum Gasteiger partial charge on any atom is 0.302 e. The molecule has 4 heteroatoms. The third kappa shape index (κ3) is 9.49. The largest absolute Gasteiger partial charge is 0.461 e. The molecule has 11 heavy (non-hydrogen) atoms. The van der Waals surface area contributed by atoms with Crippen molar-refractivity contribution in [3.05, 3.63) is 0 Å². The number of likely N-dealkylation sites (N-methyl/N-ethyl adjacent to an activating group) is 1. The van der Waals surface area contributed by atoms with Gasteiger partial charge in [-0.3, -0.25) is 4.79 Å². The zero-order valence-corrected chi connectivity index (χ0v) is 7.05. The Morgan fingerprint density at radius 2 is 2.00 bits per heavy atom. The van der Waals surface area contributed by atoms with Gasteiger partial charge in [-0.1, -0.05) is 0 Å². The fourth-order valence-corrected chi connectivity index (χ4v) is 0.835. The van der Waals surface area contributed by atoms with Crippen molar-refractivity contribution < 1.29 is 9.53 Å². The summed E-state index contributed by atoms with van der Waals surface area (Å²) in [4.78, 5) is 12.4. The molecule has 0 amide bonds. The fourth-order valence-electron chi connectivity index (χ4n) is 0.835. The molecule has 0 N–H and O–H groups in total. The third-order valence-electron chi connectivity index (χ3n) is 0.989. The first kappa shape index (κ1) is 13.1. The fraction of sp³-hybridized carbons (Fsp3) is 0.857. The predicted octanol–water partition coefficient (Wildman–Crippen LogP) is -0.684. The Morgan fingerprint density at radius 3 is 2.27 bits per heavy atom. The van der Waals surface area contributed by atoms with Crippen LogP contribution in [0.1, 0.15) is 13.8 Å². The lowest BCUT2D eigenvalue weighted by Crippen LogP contribution is -2.27. The molecule has 0 saturated heterocycles. The van der Waals surface area contributed by atoms with Crippen LogP contribution in [0.4, 0.5) is 0 Å². The quantitative estimate of drug-likeness (QED) is 0.403. The second kappa shape index (κ2) is 6.22. The van der Waals surface area contributed by atoms with Gasteiger partial charge in [-0.25, -0.2) is 0 Å². The number of esters is 1. The van der Waals surface area contributed by atoms with Gasteiger partial charge in [0.25, 0.3) is 0 Å². The van der Waals surface area contributed by atoms with E-state index < -0.39 is 0 Å². The van der Waals surface area contributed by atoms with Gasteiger partial charge in [0.15, 0.2) is 0 Å². The first-order valence-corrected chi connectivity index (χ1v) is 3.34. The summed E-state index contributed by atoms with van der Waals surface area (Å²) in [6, 6.07) is 0. The number of carbonyl (C=O) groups excluding carboxylic acids is 1. The van der Waals surface area contributed by atoms with Crippen molar-refractivity contribution in [1.29, 1.82) is 0 Å². The van der Waals surface area contributed by atoms with E-state index in [1.54, 1.807) is 0 Å². The number of ether oxygens (including phenoxy) is 1. The van der Waals surface area contributed by atoms with Crippen LogP contribution in [-0.2, 0) is 9.53 Å². The Balaban J connectivity index is 0. The molecular weight excluding hydrogens is 141 g/mol. The van der Waals surface area contributed by atoms with Gasteiger partial charge < -0.3 is 9.64 Å². The average molecular weight is 159 g/mol. The van der Waals surface area contributed by atoms with Gasteiger partial charge >= 0.3 is 5.97 Å². The molecule has 1 unspecified atom stereocenters. The summed E-state index contributed by atoms with van der Waals surface area (Å²) in [5, 5.41) is 0. The van der Waals surface area contributed by atoms with Crippen LogP contribution < -0.4 is 0 Å². The topological polar surface area (TPSA) is 29.5 Å². The summed E-state index contributed by atoms with van der Waals surface area (Å²) in [5.74, 6) is -0.214. The second-order valence-electron chi connectivity index (χ2n) is 2.68. The van der Waals surface area contributed by atoms with Crippen molar-refractivity contribution in [3.8, 4) is 0 Å². The van der Waals surface area contributed by atoms with Crippen molar-refractivity contribution in [2.24, 2.45) is 0 Å². The van der Waals surface area contributed by atoms with Crippen molar-refractivity contribution in [2.45, 2.75) is 20.0 Å². The molecule has 0 saturated carbocycles. The molecular formula is C7H18BNO2. The van der Waals surface area contributed by atoms with Crippen LogP contribution in [0.2, 0.25) is 0 Å². The predicted molar refractivity (Wildman–Crippen MR) is 49.7 cm³/mol. The van der Waals surface area contributed by atoms with Crippen LogP contribution in [0.5, 0.6) is 0 Å². The van der Waals surface area contributed by atoms with E-state index in [0.717, 1.165) is 6.54 Å². The average Bonchev–Trinajstić information content (AvgIpc) is 1.58. The molecule has 66 valence electrons. The molecule has 1 atom stereocenters. The summed E-state index contributed by atoms with van der Waals surface area (Å²) < 4.78 is 4.88. The molecule has 0 rings (SSSR count). The highest BCUT2D eigenvalue weighted by atomic mass is 16.5. The van der Waals surface area contributed by atoms with E-state index in [1.807, 2.05) is 25.9 Å². The maximum atomic E-state index is 10.4. The van der Waals surface area contributed by atoms with Gasteiger partial charge in [0.05, 0.1) is 8.41 Å². The van der Waals surface area contributed by atoms with Crippen molar-refractivity contribution in [2.75, 3.05) is 20.6 Å². The highest BCUT2D eigenvalue weighted by molar-refractivity contribution is 5.75. The van der Waals surface area contributed by atoms with E-state index in [2.05, 4.69) is 0 Å². The molecule has 0 aromatic carbocycles. The molecule has 0 fully saturated rings. The standard InChI is InChI=1S/C7H15NO2.BH3/c1-6(5-8(3)4)10-7(2)9;/h6H,5H2,1-4H3;1H3. The molecule has 0 heterocycles. The summed E-state index contributed by atoms with van der Waals surface area (Å²) in [7, 11) is 3.89. The number of hydrogen-bond acceptors (Lipinski definition) is 3. The van der Waals surface area contributed by atoms with E-state index in [1.165, 1.54) is 6.92 Å². The van der Waals surface area contributed by atoms with Gasteiger partial charge in [-0.05, 0) is 21.0 Å². The smallest absolute Gasteiger partial charge is 0.302 e. The van der Waals surface area contributed by atoms with Crippen molar-refractivity contribution in [3.63, 3.8) is 0 Å². The lowest BCUT2D eigenvalue weighted by Gasteiger charge is -2.16. The Hall–Kier alpha value is -0.505. The van der Waals surface area contributed by atoms with E-state index in [0.29, 0.717) is 0 Å². The van der Waals surface area contributed by atoms with Gasteiger partial charge in [-0.2, -0.15) is 0 Å².